The van der Waals surface area contributed by atoms with Gasteiger partial charge < -0.3 is 9.47 Å². The third-order valence-corrected chi connectivity index (χ3v) is 6.95. The molecular weight excluding hydrogens is 474 g/mol. The first-order valence-electron chi connectivity index (χ1n) is 8.58. The van der Waals surface area contributed by atoms with E-state index in [0.29, 0.717) is 33.6 Å². The van der Waals surface area contributed by atoms with E-state index >= 15 is 0 Å². The quantitative estimate of drug-likeness (QED) is 0.363. The van der Waals surface area contributed by atoms with Crippen LogP contribution in [0.3, 0.4) is 0 Å². The molecule has 0 aliphatic carbocycles. The largest absolute Gasteiger partial charge is 0.495 e. The maximum absolute atomic E-state index is 13.4. The summed E-state index contributed by atoms with van der Waals surface area (Å²) < 4.78 is 12.7. The lowest BCUT2D eigenvalue weighted by Gasteiger charge is -2.19. The van der Waals surface area contributed by atoms with Crippen LogP contribution in [-0.4, -0.2) is 30.1 Å². The van der Waals surface area contributed by atoms with Crippen molar-refractivity contribution >= 4 is 59.9 Å². The molecule has 1 aromatic carbocycles. The second-order valence-corrected chi connectivity index (χ2v) is 9.44. The number of benzene rings is 1. The first-order valence-corrected chi connectivity index (χ1v) is 11.0. The molecule has 0 fully saturated rings. The molecule has 148 valence electrons. The Morgan fingerprint density at radius 3 is 2.41 bits per heavy atom. The average Bonchev–Trinajstić information content (AvgIpc) is 3.38. The molecule has 3 heterocycles. The van der Waals surface area contributed by atoms with Crippen LogP contribution in [0.15, 0.2) is 52.6 Å². The highest BCUT2D eigenvalue weighted by molar-refractivity contribution is 9.11. The van der Waals surface area contributed by atoms with Crippen molar-refractivity contribution in [2.45, 2.75) is 6.54 Å². The Kier molecular flexibility index (Phi) is 5.79. The molecule has 6 nitrogen and oxygen atoms in total. The highest BCUT2D eigenvalue weighted by atomic mass is 79.9. The van der Waals surface area contributed by atoms with Gasteiger partial charge in [0.25, 0.3) is 5.91 Å². The molecule has 4 aromatic rings. The Hall–Kier alpha value is -2.49. The summed E-state index contributed by atoms with van der Waals surface area (Å²) in [5, 5.41) is 0.578. The van der Waals surface area contributed by atoms with Crippen LogP contribution < -0.4 is 14.4 Å². The fraction of sp³-hybridized carbons (Fsp3) is 0.150. The topological polar surface area (TPSA) is 64.6 Å². The number of nitrogens with zero attached hydrogens (tertiary/aromatic N) is 3. The van der Waals surface area contributed by atoms with Crippen molar-refractivity contribution in [3.63, 3.8) is 0 Å². The van der Waals surface area contributed by atoms with Crippen molar-refractivity contribution in [1.29, 1.82) is 0 Å². The van der Waals surface area contributed by atoms with Crippen LogP contribution in [-0.2, 0) is 6.54 Å². The second kappa shape index (κ2) is 8.48. The van der Waals surface area contributed by atoms with Crippen LogP contribution >= 0.6 is 38.6 Å². The van der Waals surface area contributed by atoms with Gasteiger partial charge in [0.2, 0.25) is 0 Å². The number of fused-ring (bicyclic) bond motifs is 1. The highest BCUT2D eigenvalue weighted by Gasteiger charge is 2.25. The predicted octanol–water partition coefficient (Wildman–Crippen LogP) is 5.38. The molecule has 0 saturated heterocycles. The molecular formula is C20H16BrN3O3S2. The van der Waals surface area contributed by atoms with Crippen LogP contribution in [0.5, 0.6) is 11.5 Å². The zero-order valence-electron chi connectivity index (χ0n) is 15.6. The van der Waals surface area contributed by atoms with E-state index in [2.05, 4.69) is 20.9 Å². The smallest absolute Gasteiger partial charge is 0.270 e. The van der Waals surface area contributed by atoms with Crippen LogP contribution in [0.4, 0.5) is 5.13 Å². The van der Waals surface area contributed by atoms with Crippen molar-refractivity contribution in [3.05, 3.63) is 63.0 Å². The summed E-state index contributed by atoms with van der Waals surface area (Å²) in [5.74, 6) is 1.22. The first kappa shape index (κ1) is 19.8. The van der Waals surface area contributed by atoms with Crippen LogP contribution in [0, 0.1) is 0 Å². The molecule has 0 saturated carbocycles. The standard InChI is InChI=1S/C20H16BrN3O3S2/c1-26-13-3-4-14(27-2)18-17(13)23-20(29-18)24(11-12-7-9-22-10-8-12)19(25)15-5-6-16(21)28-15/h3-10H,11H2,1-2H3. The van der Waals surface area contributed by atoms with Crippen LogP contribution in [0.25, 0.3) is 10.2 Å². The number of rotatable bonds is 6. The minimum atomic E-state index is -0.116. The highest BCUT2D eigenvalue weighted by Crippen LogP contribution is 2.41. The Labute approximate surface area is 183 Å². The molecule has 0 bridgehead atoms. The van der Waals surface area contributed by atoms with Gasteiger partial charge in [0.05, 0.1) is 29.4 Å². The van der Waals surface area contributed by atoms with E-state index in [1.165, 1.54) is 22.7 Å². The normalized spacial score (nSPS) is 10.9. The first-order chi connectivity index (χ1) is 14.1. The fourth-order valence-electron chi connectivity index (χ4n) is 2.85. The van der Waals surface area contributed by atoms with Crippen LogP contribution in [0.2, 0.25) is 0 Å². The van der Waals surface area contributed by atoms with Gasteiger partial charge in [-0.25, -0.2) is 4.98 Å². The number of aromatic nitrogens is 2. The number of amides is 1. The molecule has 0 aliphatic heterocycles. The minimum absolute atomic E-state index is 0.116. The average molecular weight is 490 g/mol. The maximum Gasteiger partial charge on any atom is 0.270 e. The zero-order valence-corrected chi connectivity index (χ0v) is 18.8. The number of thiazole rings is 1. The third kappa shape index (κ3) is 3.98. The molecule has 1 amide bonds. The van der Waals surface area contributed by atoms with Crippen molar-refractivity contribution in [2.24, 2.45) is 0 Å². The summed E-state index contributed by atoms with van der Waals surface area (Å²) in [7, 11) is 3.22. The van der Waals surface area contributed by atoms with Gasteiger partial charge in [-0.05, 0) is 57.9 Å². The number of ether oxygens (including phenoxy) is 2. The van der Waals surface area contributed by atoms with Gasteiger partial charge in [0.1, 0.15) is 21.7 Å². The summed E-state index contributed by atoms with van der Waals surface area (Å²) in [6.45, 7) is 0.376. The molecule has 0 radical (unpaired) electrons. The number of anilines is 1. The number of hydrogen-bond donors (Lipinski definition) is 0. The van der Waals surface area contributed by atoms with Gasteiger partial charge in [-0.3, -0.25) is 14.7 Å². The SMILES string of the molecule is COc1ccc(OC)c2sc(N(Cc3ccncc3)C(=O)c3ccc(Br)s3)nc12. The molecule has 0 N–H and O–H groups in total. The van der Waals surface area contributed by atoms with E-state index in [1.807, 2.05) is 36.4 Å². The summed E-state index contributed by atoms with van der Waals surface area (Å²) in [6, 6.07) is 11.1. The van der Waals surface area contributed by atoms with Gasteiger partial charge in [0.15, 0.2) is 5.13 Å². The summed E-state index contributed by atoms with van der Waals surface area (Å²) in [5.41, 5.74) is 1.63. The summed E-state index contributed by atoms with van der Waals surface area (Å²) in [6.07, 6.45) is 3.42. The number of pyridine rings is 1. The maximum atomic E-state index is 13.4. The summed E-state index contributed by atoms with van der Waals surface area (Å²) in [4.78, 5) is 24.5. The van der Waals surface area contributed by atoms with Crippen molar-refractivity contribution < 1.29 is 14.3 Å². The molecule has 9 heteroatoms. The second-order valence-electron chi connectivity index (χ2n) is 5.99. The van der Waals surface area contributed by atoms with E-state index < -0.39 is 0 Å². The molecule has 0 aliphatic rings. The monoisotopic (exact) mass is 489 g/mol. The Morgan fingerprint density at radius 1 is 1.03 bits per heavy atom. The Bertz CT molecular complexity index is 1120. The van der Waals surface area contributed by atoms with Gasteiger partial charge in [-0.1, -0.05) is 11.3 Å². The van der Waals surface area contributed by atoms with E-state index in [0.717, 1.165) is 14.0 Å². The number of thiophene rings is 1. The van der Waals surface area contributed by atoms with Crippen molar-refractivity contribution in [3.8, 4) is 11.5 Å². The number of carbonyl (C=O) groups excluding carboxylic acids is 1. The Balaban J connectivity index is 1.83. The lowest BCUT2D eigenvalue weighted by molar-refractivity contribution is 0.0989. The van der Waals surface area contributed by atoms with Gasteiger partial charge in [-0.2, -0.15) is 0 Å². The molecule has 4 rings (SSSR count). The Morgan fingerprint density at radius 2 is 1.76 bits per heavy atom. The fourth-order valence-corrected chi connectivity index (χ4v) is 5.26. The number of carbonyl (C=O) groups is 1. The van der Waals surface area contributed by atoms with E-state index in [9.17, 15) is 4.79 Å². The predicted molar refractivity (Wildman–Crippen MR) is 119 cm³/mol. The summed E-state index contributed by atoms with van der Waals surface area (Å²) >= 11 is 6.23. The molecule has 0 unspecified atom stereocenters. The van der Waals surface area contributed by atoms with E-state index in [1.54, 1.807) is 31.5 Å². The minimum Gasteiger partial charge on any atom is -0.495 e. The number of hydrogen-bond acceptors (Lipinski definition) is 7. The number of methoxy groups -OCH3 is 2. The van der Waals surface area contributed by atoms with E-state index in [-0.39, 0.29) is 5.91 Å². The van der Waals surface area contributed by atoms with Gasteiger partial charge >= 0.3 is 0 Å². The lowest BCUT2D eigenvalue weighted by Crippen LogP contribution is -2.29. The third-order valence-electron chi connectivity index (χ3n) is 4.25. The van der Waals surface area contributed by atoms with Crippen LogP contribution in [0.1, 0.15) is 15.2 Å². The lowest BCUT2D eigenvalue weighted by atomic mass is 10.2. The van der Waals surface area contributed by atoms with Gasteiger partial charge in [0, 0.05) is 12.4 Å². The molecule has 0 spiro atoms. The zero-order chi connectivity index (χ0) is 20.4. The molecule has 0 atom stereocenters. The van der Waals surface area contributed by atoms with Crippen molar-refractivity contribution in [2.75, 3.05) is 19.1 Å². The molecule has 29 heavy (non-hydrogen) atoms. The number of halogens is 1. The van der Waals surface area contributed by atoms with Crippen molar-refractivity contribution in [1.82, 2.24) is 9.97 Å². The van der Waals surface area contributed by atoms with E-state index in [4.69, 9.17) is 14.5 Å². The molecule has 3 aromatic heterocycles. The van der Waals surface area contributed by atoms with Gasteiger partial charge in [-0.15, -0.1) is 11.3 Å².